The number of para-hydroxylation sites is 1. The Bertz CT molecular complexity index is 260. The third-order valence-corrected chi connectivity index (χ3v) is 2.21. The summed E-state index contributed by atoms with van der Waals surface area (Å²) in [4.78, 5) is 0. The number of rotatable bonds is 6. The molecule has 0 aliphatic heterocycles. The molecular formula is C12H19NO. The fraction of sp³-hybridized carbons (Fsp3) is 0.500. The molecule has 0 spiro atoms. The summed E-state index contributed by atoms with van der Waals surface area (Å²) in [7, 11) is 0. The van der Waals surface area contributed by atoms with E-state index in [-0.39, 0.29) is 0 Å². The average molecular weight is 193 g/mol. The van der Waals surface area contributed by atoms with Gasteiger partial charge in [-0.3, -0.25) is 0 Å². The van der Waals surface area contributed by atoms with E-state index in [1.165, 1.54) is 5.56 Å². The Balaban J connectivity index is 2.41. The number of aryl methyl sites for hydroxylation is 1. The SMILES string of the molecule is CCc1ccccc1OCCCCN. The number of unbranched alkanes of at least 4 members (excludes halogenated alkanes) is 1. The van der Waals surface area contributed by atoms with Crippen molar-refractivity contribution in [1.29, 1.82) is 0 Å². The van der Waals surface area contributed by atoms with Crippen LogP contribution in [0.25, 0.3) is 0 Å². The second-order valence-corrected chi connectivity index (χ2v) is 3.31. The van der Waals surface area contributed by atoms with Gasteiger partial charge in [-0.25, -0.2) is 0 Å². The fourth-order valence-corrected chi connectivity index (χ4v) is 1.37. The molecule has 1 rings (SSSR count). The van der Waals surface area contributed by atoms with Crippen LogP contribution < -0.4 is 10.5 Å². The predicted octanol–water partition coefficient (Wildman–Crippen LogP) is 2.37. The highest BCUT2D eigenvalue weighted by atomic mass is 16.5. The quantitative estimate of drug-likeness (QED) is 0.704. The second kappa shape index (κ2) is 6.44. The maximum absolute atomic E-state index is 5.67. The minimum Gasteiger partial charge on any atom is -0.493 e. The van der Waals surface area contributed by atoms with Gasteiger partial charge in [0.2, 0.25) is 0 Å². The molecule has 1 aromatic rings. The van der Waals surface area contributed by atoms with Gasteiger partial charge in [-0.15, -0.1) is 0 Å². The van der Waals surface area contributed by atoms with Crippen molar-refractivity contribution in [2.24, 2.45) is 5.73 Å². The smallest absolute Gasteiger partial charge is 0.122 e. The van der Waals surface area contributed by atoms with Crippen LogP contribution in [0.2, 0.25) is 0 Å². The van der Waals surface area contributed by atoms with E-state index in [9.17, 15) is 0 Å². The molecule has 2 N–H and O–H groups in total. The highest BCUT2D eigenvalue weighted by Gasteiger charge is 1.99. The van der Waals surface area contributed by atoms with Crippen molar-refractivity contribution in [3.63, 3.8) is 0 Å². The van der Waals surface area contributed by atoms with Crippen LogP contribution in [-0.4, -0.2) is 13.2 Å². The van der Waals surface area contributed by atoms with Gasteiger partial charge >= 0.3 is 0 Å². The standard InChI is InChI=1S/C12H19NO/c1-2-11-7-3-4-8-12(11)14-10-6-5-9-13/h3-4,7-8H,2,5-6,9-10,13H2,1H3. The van der Waals surface area contributed by atoms with Crippen molar-refractivity contribution in [1.82, 2.24) is 0 Å². The van der Waals surface area contributed by atoms with Gasteiger partial charge in [-0.1, -0.05) is 25.1 Å². The highest BCUT2D eigenvalue weighted by molar-refractivity contribution is 5.33. The van der Waals surface area contributed by atoms with E-state index in [0.717, 1.165) is 38.2 Å². The normalized spacial score (nSPS) is 10.1. The minimum absolute atomic E-state index is 0.749. The van der Waals surface area contributed by atoms with Crippen LogP contribution >= 0.6 is 0 Å². The first kappa shape index (κ1) is 11.1. The highest BCUT2D eigenvalue weighted by Crippen LogP contribution is 2.18. The van der Waals surface area contributed by atoms with Gasteiger partial charge in [-0.2, -0.15) is 0 Å². The molecule has 78 valence electrons. The van der Waals surface area contributed by atoms with Crippen LogP contribution in [0, 0.1) is 0 Å². The van der Waals surface area contributed by atoms with Crippen molar-refractivity contribution in [3.8, 4) is 5.75 Å². The van der Waals surface area contributed by atoms with Crippen LogP contribution in [0.3, 0.4) is 0 Å². The average Bonchev–Trinajstić information content (AvgIpc) is 2.25. The molecule has 0 bridgehead atoms. The Kier molecular flexibility index (Phi) is 5.08. The molecule has 0 heterocycles. The maximum Gasteiger partial charge on any atom is 0.122 e. The van der Waals surface area contributed by atoms with Crippen molar-refractivity contribution in [3.05, 3.63) is 29.8 Å². The summed E-state index contributed by atoms with van der Waals surface area (Å²) in [5.74, 6) is 1.02. The third-order valence-electron chi connectivity index (χ3n) is 2.21. The fourth-order valence-electron chi connectivity index (χ4n) is 1.37. The van der Waals surface area contributed by atoms with Crippen LogP contribution in [0.5, 0.6) is 5.75 Å². The number of hydrogen-bond donors (Lipinski definition) is 1. The molecule has 0 saturated heterocycles. The Labute approximate surface area is 86.1 Å². The Morgan fingerprint density at radius 1 is 1.21 bits per heavy atom. The molecule has 2 nitrogen and oxygen atoms in total. The molecule has 0 amide bonds. The zero-order valence-electron chi connectivity index (χ0n) is 8.83. The van der Waals surface area contributed by atoms with Gasteiger partial charge in [0.25, 0.3) is 0 Å². The van der Waals surface area contributed by atoms with Gasteiger partial charge in [-0.05, 0) is 37.4 Å². The Hall–Kier alpha value is -1.02. The Morgan fingerprint density at radius 3 is 2.71 bits per heavy atom. The summed E-state index contributed by atoms with van der Waals surface area (Å²) in [6.45, 7) is 3.66. The predicted molar refractivity (Wildman–Crippen MR) is 59.6 cm³/mol. The number of nitrogens with two attached hydrogens (primary N) is 1. The van der Waals surface area contributed by atoms with E-state index < -0.39 is 0 Å². The number of ether oxygens (including phenoxy) is 1. The van der Waals surface area contributed by atoms with E-state index in [1.807, 2.05) is 18.2 Å². The van der Waals surface area contributed by atoms with E-state index in [4.69, 9.17) is 10.5 Å². The Morgan fingerprint density at radius 2 is 2.00 bits per heavy atom. The molecule has 0 saturated carbocycles. The maximum atomic E-state index is 5.67. The molecule has 2 heteroatoms. The van der Waals surface area contributed by atoms with Crippen LogP contribution in [0.1, 0.15) is 25.3 Å². The van der Waals surface area contributed by atoms with Gasteiger partial charge in [0.05, 0.1) is 6.61 Å². The topological polar surface area (TPSA) is 35.2 Å². The first-order valence-corrected chi connectivity index (χ1v) is 5.29. The first-order valence-electron chi connectivity index (χ1n) is 5.29. The lowest BCUT2D eigenvalue weighted by atomic mass is 10.1. The van der Waals surface area contributed by atoms with E-state index in [1.54, 1.807) is 0 Å². The molecule has 0 aliphatic rings. The lowest BCUT2D eigenvalue weighted by Crippen LogP contribution is -2.04. The van der Waals surface area contributed by atoms with Crippen LogP contribution in [0.4, 0.5) is 0 Å². The monoisotopic (exact) mass is 193 g/mol. The number of benzene rings is 1. The zero-order chi connectivity index (χ0) is 10.2. The van der Waals surface area contributed by atoms with Gasteiger partial charge < -0.3 is 10.5 Å². The lowest BCUT2D eigenvalue weighted by molar-refractivity contribution is 0.305. The van der Waals surface area contributed by atoms with Gasteiger partial charge in [0.1, 0.15) is 5.75 Å². The lowest BCUT2D eigenvalue weighted by Gasteiger charge is -2.09. The minimum atomic E-state index is 0.749. The number of hydrogen-bond acceptors (Lipinski definition) is 2. The molecular weight excluding hydrogens is 174 g/mol. The zero-order valence-corrected chi connectivity index (χ0v) is 8.83. The summed E-state index contributed by atoms with van der Waals surface area (Å²) in [6, 6.07) is 8.20. The van der Waals surface area contributed by atoms with Crippen molar-refractivity contribution in [2.75, 3.05) is 13.2 Å². The van der Waals surface area contributed by atoms with Gasteiger partial charge in [0.15, 0.2) is 0 Å². The van der Waals surface area contributed by atoms with Crippen molar-refractivity contribution < 1.29 is 4.74 Å². The summed E-state index contributed by atoms with van der Waals surface area (Å²) in [5, 5.41) is 0. The van der Waals surface area contributed by atoms with E-state index >= 15 is 0 Å². The summed E-state index contributed by atoms with van der Waals surface area (Å²) in [6.07, 6.45) is 3.09. The summed E-state index contributed by atoms with van der Waals surface area (Å²) >= 11 is 0. The molecule has 0 aromatic heterocycles. The molecule has 0 radical (unpaired) electrons. The van der Waals surface area contributed by atoms with Gasteiger partial charge in [0, 0.05) is 0 Å². The van der Waals surface area contributed by atoms with Crippen LogP contribution in [0.15, 0.2) is 24.3 Å². The summed E-state index contributed by atoms with van der Waals surface area (Å²) < 4.78 is 5.67. The largest absolute Gasteiger partial charge is 0.493 e. The van der Waals surface area contributed by atoms with E-state index in [2.05, 4.69) is 13.0 Å². The summed E-state index contributed by atoms with van der Waals surface area (Å²) in [5.41, 5.74) is 6.69. The molecule has 0 fully saturated rings. The third kappa shape index (κ3) is 3.38. The first-order chi connectivity index (χ1) is 6.88. The molecule has 1 aromatic carbocycles. The van der Waals surface area contributed by atoms with Crippen molar-refractivity contribution in [2.45, 2.75) is 26.2 Å². The molecule has 14 heavy (non-hydrogen) atoms. The molecule has 0 atom stereocenters. The van der Waals surface area contributed by atoms with Crippen LogP contribution in [-0.2, 0) is 6.42 Å². The van der Waals surface area contributed by atoms with Crippen molar-refractivity contribution >= 4 is 0 Å². The second-order valence-electron chi connectivity index (χ2n) is 3.31. The molecule has 0 aliphatic carbocycles. The molecule has 0 unspecified atom stereocenters. The van der Waals surface area contributed by atoms with E-state index in [0.29, 0.717) is 0 Å².